The van der Waals surface area contributed by atoms with Crippen LogP contribution < -0.4 is 15.4 Å². The Labute approximate surface area is 208 Å². The number of anilines is 2. The Morgan fingerprint density at radius 2 is 1.70 bits per heavy atom. The maximum absolute atomic E-state index is 14.0. The molecule has 11 heteroatoms. The molecule has 2 aromatic carbocycles. The summed E-state index contributed by atoms with van der Waals surface area (Å²) >= 11 is 0. The number of aryl methyl sites for hydroxylation is 1. The van der Waals surface area contributed by atoms with Crippen LogP contribution in [-0.2, 0) is 0 Å². The van der Waals surface area contributed by atoms with E-state index in [4.69, 9.17) is 0 Å². The SMILES string of the molecule is Cc1cnccc1NC(=O)c1cc(C(=O)Nc2ccc(-c3ccccc3F)nc2)ccc1OC(F)(F)F. The Bertz CT molecular complexity index is 1460. The van der Waals surface area contributed by atoms with Crippen molar-refractivity contribution in [2.24, 2.45) is 0 Å². The van der Waals surface area contributed by atoms with Crippen LogP contribution in [0.2, 0.25) is 0 Å². The quantitative estimate of drug-likeness (QED) is 0.311. The van der Waals surface area contributed by atoms with Crippen LogP contribution >= 0.6 is 0 Å². The fraction of sp³-hybridized carbons (Fsp3) is 0.0769. The molecule has 2 heterocycles. The zero-order valence-electron chi connectivity index (χ0n) is 19.1. The zero-order valence-corrected chi connectivity index (χ0v) is 19.1. The predicted molar refractivity (Wildman–Crippen MR) is 128 cm³/mol. The van der Waals surface area contributed by atoms with Crippen molar-refractivity contribution in [2.45, 2.75) is 13.3 Å². The van der Waals surface area contributed by atoms with Gasteiger partial charge in [0, 0.05) is 29.2 Å². The third-order valence-corrected chi connectivity index (χ3v) is 5.15. The molecule has 2 aromatic heterocycles. The molecule has 0 bridgehead atoms. The molecule has 0 saturated carbocycles. The summed E-state index contributed by atoms with van der Waals surface area (Å²) in [5.74, 6) is -2.86. The van der Waals surface area contributed by atoms with Gasteiger partial charge >= 0.3 is 6.36 Å². The number of halogens is 4. The summed E-state index contributed by atoms with van der Waals surface area (Å²) in [4.78, 5) is 33.7. The number of benzene rings is 2. The topological polar surface area (TPSA) is 93.2 Å². The summed E-state index contributed by atoms with van der Waals surface area (Å²) in [6.45, 7) is 1.66. The predicted octanol–water partition coefficient (Wildman–Crippen LogP) is 5.99. The average molecular weight is 510 g/mol. The molecule has 0 fully saturated rings. The van der Waals surface area contributed by atoms with Crippen molar-refractivity contribution in [3.63, 3.8) is 0 Å². The highest BCUT2D eigenvalue weighted by Crippen LogP contribution is 2.29. The first kappa shape index (κ1) is 25.3. The van der Waals surface area contributed by atoms with E-state index in [-0.39, 0.29) is 16.8 Å². The van der Waals surface area contributed by atoms with Crippen LogP contribution in [0, 0.1) is 12.7 Å². The van der Waals surface area contributed by atoms with Crippen molar-refractivity contribution < 1.29 is 31.9 Å². The number of amides is 2. The van der Waals surface area contributed by atoms with Crippen molar-refractivity contribution in [1.29, 1.82) is 0 Å². The van der Waals surface area contributed by atoms with Gasteiger partial charge in [-0.1, -0.05) is 12.1 Å². The van der Waals surface area contributed by atoms with Crippen molar-refractivity contribution in [3.8, 4) is 17.0 Å². The normalized spacial score (nSPS) is 11.1. The van der Waals surface area contributed by atoms with Crippen molar-refractivity contribution >= 4 is 23.2 Å². The Morgan fingerprint density at radius 3 is 2.38 bits per heavy atom. The van der Waals surface area contributed by atoms with E-state index in [0.717, 1.165) is 18.2 Å². The van der Waals surface area contributed by atoms with E-state index in [0.29, 0.717) is 16.9 Å². The van der Waals surface area contributed by atoms with Gasteiger partial charge in [-0.15, -0.1) is 13.2 Å². The Kier molecular flexibility index (Phi) is 7.14. The lowest BCUT2D eigenvalue weighted by Crippen LogP contribution is -2.22. The molecular weight excluding hydrogens is 492 g/mol. The van der Waals surface area contributed by atoms with Gasteiger partial charge < -0.3 is 15.4 Å². The van der Waals surface area contributed by atoms with Crippen LogP contribution in [0.25, 0.3) is 11.3 Å². The molecule has 7 nitrogen and oxygen atoms in total. The van der Waals surface area contributed by atoms with E-state index in [1.165, 1.54) is 42.9 Å². The first-order valence-electron chi connectivity index (χ1n) is 10.7. The maximum Gasteiger partial charge on any atom is 0.573 e. The number of ether oxygens (including phenoxy) is 1. The number of pyridine rings is 2. The molecule has 0 unspecified atom stereocenters. The highest BCUT2D eigenvalue weighted by Gasteiger charge is 2.33. The number of carbonyl (C=O) groups is 2. The lowest BCUT2D eigenvalue weighted by molar-refractivity contribution is -0.274. The lowest BCUT2D eigenvalue weighted by atomic mass is 10.1. The molecule has 0 radical (unpaired) electrons. The molecule has 37 heavy (non-hydrogen) atoms. The summed E-state index contributed by atoms with van der Waals surface area (Å²) in [6, 6.07) is 13.5. The summed E-state index contributed by atoms with van der Waals surface area (Å²) in [7, 11) is 0. The summed E-state index contributed by atoms with van der Waals surface area (Å²) in [5.41, 5.74) is 1.16. The van der Waals surface area contributed by atoms with E-state index in [9.17, 15) is 27.2 Å². The number of nitrogens with one attached hydrogen (secondary N) is 2. The van der Waals surface area contributed by atoms with Gasteiger partial charge in [0.1, 0.15) is 11.6 Å². The number of hydrogen-bond acceptors (Lipinski definition) is 5. The van der Waals surface area contributed by atoms with E-state index < -0.39 is 35.3 Å². The fourth-order valence-corrected chi connectivity index (χ4v) is 3.36. The third kappa shape index (κ3) is 6.26. The van der Waals surface area contributed by atoms with Gasteiger partial charge in [0.25, 0.3) is 11.8 Å². The van der Waals surface area contributed by atoms with Gasteiger partial charge in [0.05, 0.1) is 23.1 Å². The molecule has 0 aliphatic rings. The van der Waals surface area contributed by atoms with Crippen molar-refractivity contribution in [2.75, 3.05) is 10.6 Å². The summed E-state index contributed by atoms with van der Waals surface area (Å²) < 4.78 is 56.8. The Balaban J connectivity index is 1.58. The number of carbonyl (C=O) groups excluding carboxylic acids is 2. The largest absolute Gasteiger partial charge is 0.573 e. The third-order valence-electron chi connectivity index (χ3n) is 5.15. The minimum absolute atomic E-state index is 0.107. The smallest absolute Gasteiger partial charge is 0.405 e. The molecule has 0 spiro atoms. The lowest BCUT2D eigenvalue weighted by Gasteiger charge is -2.15. The molecule has 188 valence electrons. The van der Waals surface area contributed by atoms with E-state index in [1.807, 2.05) is 0 Å². The first-order valence-corrected chi connectivity index (χ1v) is 10.7. The minimum atomic E-state index is -5.06. The number of hydrogen-bond donors (Lipinski definition) is 2. The summed E-state index contributed by atoms with van der Waals surface area (Å²) in [5, 5.41) is 5.04. The molecule has 0 saturated heterocycles. The van der Waals surface area contributed by atoms with Crippen LogP contribution in [-0.4, -0.2) is 28.1 Å². The van der Waals surface area contributed by atoms with Crippen LogP contribution in [0.5, 0.6) is 5.75 Å². The molecule has 0 aliphatic carbocycles. The van der Waals surface area contributed by atoms with E-state index >= 15 is 0 Å². The average Bonchev–Trinajstić information content (AvgIpc) is 2.85. The number of aromatic nitrogens is 2. The zero-order chi connectivity index (χ0) is 26.6. The molecule has 0 atom stereocenters. The van der Waals surface area contributed by atoms with Gasteiger partial charge in [-0.3, -0.25) is 19.6 Å². The van der Waals surface area contributed by atoms with Crippen LogP contribution in [0.1, 0.15) is 26.3 Å². The van der Waals surface area contributed by atoms with Crippen molar-refractivity contribution in [3.05, 3.63) is 102 Å². The molecule has 2 N–H and O–H groups in total. The van der Waals surface area contributed by atoms with E-state index in [1.54, 1.807) is 25.1 Å². The van der Waals surface area contributed by atoms with Gasteiger partial charge in [-0.25, -0.2) is 4.39 Å². The molecule has 4 rings (SSSR count). The van der Waals surface area contributed by atoms with Crippen LogP contribution in [0.15, 0.2) is 79.3 Å². The highest BCUT2D eigenvalue weighted by molar-refractivity contribution is 6.10. The fourth-order valence-electron chi connectivity index (χ4n) is 3.36. The van der Waals surface area contributed by atoms with Gasteiger partial charge in [-0.05, 0) is 61.0 Å². The highest BCUT2D eigenvalue weighted by atomic mass is 19.4. The second-order valence-electron chi connectivity index (χ2n) is 7.77. The second kappa shape index (κ2) is 10.4. The van der Waals surface area contributed by atoms with Gasteiger partial charge in [-0.2, -0.15) is 0 Å². The molecule has 2 amide bonds. The first-order chi connectivity index (χ1) is 17.6. The molecule has 4 aromatic rings. The number of alkyl halides is 3. The van der Waals surface area contributed by atoms with Gasteiger partial charge in [0.2, 0.25) is 0 Å². The van der Waals surface area contributed by atoms with Gasteiger partial charge in [0.15, 0.2) is 0 Å². The second-order valence-corrected chi connectivity index (χ2v) is 7.77. The number of nitrogens with zero attached hydrogens (tertiary/aromatic N) is 2. The standard InChI is InChI=1S/C26H18F4N4O3/c1-15-13-31-11-10-21(15)34-25(36)19-12-16(6-9-23(19)37-26(28,29)30)24(35)33-17-7-8-22(32-14-17)18-4-2-3-5-20(18)27/h2-14H,1H3,(H,33,35)(H,31,34,36). The number of rotatable bonds is 6. The summed E-state index contributed by atoms with van der Waals surface area (Å²) in [6.07, 6.45) is -0.874. The Hall–Kier alpha value is -4.80. The minimum Gasteiger partial charge on any atom is -0.405 e. The maximum atomic E-state index is 14.0. The molecule has 0 aliphatic heterocycles. The Morgan fingerprint density at radius 1 is 0.919 bits per heavy atom. The van der Waals surface area contributed by atoms with E-state index in [2.05, 4.69) is 25.3 Å². The monoisotopic (exact) mass is 510 g/mol. The van der Waals surface area contributed by atoms with Crippen molar-refractivity contribution in [1.82, 2.24) is 9.97 Å². The van der Waals surface area contributed by atoms with Crippen LogP contribution in [0.4, 0.5) is 28.9 Å². The molecular formula is C26H18F4N4O3. The van der Waals surface area contributed by atoms with Crippen LogP contribution in [0.3, 0.4) is 0 Å².